The van der Waals surface area contributed by atoms with Crippen LogP contribution in [0.3, 0.4) is 0 Å². The van der Waals surface area contributed by atoms with Crippen LogP contribution in [-0.2, 0) is 0 Å². The number of nitro groups is 1. The standard InChI is InChI=1S/C10H13ClN2O3/c1-6-3-9(12-7(2)5-14)8(11)4-10(6)13(15)16/h3-4,7,12,14H,5H2,1-2H3/t7-/m0/s1. The Hall–Kier alpha value is -1.33. The zero-order valence-corrected chi connectivity index (χ0v) is 9.78. The summed E-state index contributed by atoms with van der Waals surface area (Å²) in [6.07, 6.45) is 0. The average molecular weight is 245 g/mol. The first-order valence-corrected chi connectivity index (χ1v) is 5.15. The van der Waals surface area contributed by atoms with E-state index >= 15 is 0 Å². The van der Waals surface area contributed by atoms with Gasteiger partial charge in [0.1, 0.15) is 0 Å². The zero-order valence-electron chi connectivity index (χ0n) is 9.03. The van der Waals surface area contributed by atoms with Crippen LogP contribution in [0.1, 0.15) is 12.5 Å². The number of aryl methyl sites for hydroxylation is 1. The van der Waals surface area contributed by atoms with Crippen molar-refractivity contribution in [3.63, 3.8) is 0 Å². The predicted molar refractivity (Wildman–Crippen MR) is 63.0 cm³/mol. The minimum absolute atomic E-state index is 0.00722. The van der Waals surface area contributed by atoms with Crippen LogP contribution in [0.15, 0.2) is 12.1 Å². The Morgan fingerprint density at radius 2 is 2.25 bits per heavy atom. The van der Waals surface area contributed by atoms with Gasteiger partial charge in [0.25, 0.3) is 5.69 Å². The molecule has 0 amide bonds. The molecule has 1 aromatic carbocycles. The molecule has 0 heterocycles. The molecule has 0 aliphatic rings. The van der Waals surface area contributed by atoms with E-state index in [1.54, 1.807) is 19.9 Å². The van der Waals surface area contributed by atoms with E-state index in [1.807, 2.05) is 0 Å². The van der Waals surface area contributed by atoms with E-state index in [4.69, 9.17) is 16.7 Å². The van der Waals surface area contributed by atoms with Crippen LogP contribution in [0, 0.1) is 17.0 Å². The van der Waals surface area contributed by atoms with Crippen molar-refractivity contribution in [2.75, 3.05) is 11.9 Å². The number of hydrogen-bond acceptors (Lipinski definition) is 4. The fourth-order valence-corrected chi connectivity index (χ4v) is 1.50. The normalized spacial score (nSPS) is 12.2. The van der Waals surface area contributed by atoms with Gasteiger partial charge in [-0.3, -0.25) is 10.1 Å². The number of hydrogen-bond donors (Lipinski definition) is 2. The Morgan fingerprint density at radius 3 is 2.75 bits per heavy atom. The van der Waals surface area contributed by atoms with Gasteiger partial charge in [-0.25, -0.2) is 0 Å². The summed E-state index contributed by atoms with van der Waals surface area (Å²) in [4.78, 5) is 10.2. The van der Waals surface area contributed by atoms with Crippen LogP contribution in [0.5, 0.6) is 0 Å². The van der Waals surface area contributed by atoms with E-state index in [2.05, 4.69) is 5.32 Å². The quantitative estimate of drug-likeness (QED) is 0.630. The predicted octanol–water partition coefficient (Wildman–Crippen LogP) is 2.35. The highest BCUT2D eigenvalue weighted by Crippen LogP contribution is 2.30. The van der Waals surface area contributed by atoms with Gasteiger partial charge in [-0.1, -0.05) is 11.6 Å². The molecule has 2 N–H and O–H groups in total. The Morgan fingerprint density at radius 1 is 1.62 bits per heavy atom. The van der Waals surface area contributed by atoms with Crippen molar-refractivity contribution in [2.24, 2.45) is 0 Å². The number of aliphatic hydroxyl groups is 1. The van der Waals surface area contributed by atoms with Crippen LogP contribution >= 0.6 is 11.6 Å². The SMILES string of the molecule is Cc1cc(N[C@@H](C)CO)c(Cl)cc1[N+](=O)[O-]. The Balaban J connectivity index is 3.05. The van der Waals surface area contributed by atoms with Crippen LogP contribution in [0.2, 0.25) is 5.02 Å². The Bertz CT molecular complexity index is 409. The second-order valence-corrected chi connectivity index (χ2v) is 4.01. The number of rotatable bonds is 4. The average Bonchev–Trinajstić information content (AvgIpc) is 2.22. The molecule has 0 bridgehead atoms. The summed E-state index contributed by atoms with van der Waals surface area (Å²) in [5.74, 6) is 0. The first kappa shape index (κ1) is 12.7. The molecule has 0 spiro atoms. The van der Waals surface area contributed by atoms with E-state index in [0.717, 1.165) is 0 Å². The van der Waals surface area contributed by atoms with Gasteiger partial charge in [-0.2, -0.15) is 0 Å². The molecule has 0 saturated heterocycles. The van der Waals surface area contributed by atoms with Crippen molar-refractivity contribution in [2.45, 2.75) is 19.9 Å². The summed E-state index contributed by atoms with van der Waals surface area (Å²) < 4.78 is 0. The molecular formula is C10H13ClN2O3. The molecule has 0 fully saturated rings. The van der Waals surface area contributed by atoms with Gasteiger partial charge in [0.2, 0.25) is 0 Å². The summed E-state index contributed by atoms with van der Waals surface area (Å²) in [5.41, 5.74) is 1.11. The minimum atomic E-state index is -0.472. The molecule has 0 aliphatic carbocycles. The summed E-state index contributed by atoms with van der Waals surface area (Å²) in [6.45, 7) is 3.39. The highest BCUT2D eigenvalue weighted by atomic mass is 35.5. The molecule has 88 valence electrons. The molecule has 0 saturated carbocycles. The van der Waals surface area contributed by atoms with E-state index in [9.17, 15) is 10.1 Å². The number of benzene rings is 1. The monoisotopic (exact) mass is 244 g/mol. The van der Waals surface area contributed by atoms with Gasteiger partial charge in [0, 0.05) is 17.7 Å². The molecule has 0 unspecified atom stereocenters. The fraction of sp³-hybridized carbons (Fsp3) is 0.400. The molecule has 0 aromatic heterocycles. The smallest absolute Gasteiger partial charge is 0.273 e. The van der Waals surface area contributed by atoms with Gasteiger partial charge in [0.05, 0.1) is 22.2 Å². The lowest BCUT2D eigenvalue weighted by Crippen LogP contribution is -2.19. The number of nitrogens with one attached hydrogen (secondary N) is 1. The van der Waals surface area contributed by atoms with Gasteiger partial charge >= 0.3 is 0 Å². The molecular weight excluding hydrogens is 232 g/mol. The van der Waals surface area contributed by atoms with Crippen molar-refractivity contribution in [1.29, 1.82) is 0 Å². The fourth-order valence-electron chi connectivity index (χ4n) is 1.29. The lowest BCUT2D eigenvalue weighted by atomic mass is 10.1. The van der Waals surface area contributed by atoms with Gasteiger partial charge in [0.15, 0.2) is 0 Å². The molecule has 5 nitrogen and oxygen atoms in total. The van der Waals surface area contributed by atoms with Crippen molar-refractivity contribution in [3.8, 4) is 0 Å². The maximum absolute atomic E-state index is 10.7. The van der Waals surface area contributed by atoms with Crippen molar-refractivity contribution >= 4 is 23.0 Å². The Kier molecular flexibility index (Phi) is 4.09. The molecule has 16 heavy (non-hydrogen) atoms. The lowest BCUT2D eigenvalue weighted by molar-refractivity contribution is -0.385. The topological polar surface area (TPSA) is 75.4 Å². The van der Waals surface area contributed by atoms with Gasteiger partial charge in [-0.15, -0.1) is 0 Å². The lowest BCUT2D eigenvalue weighted by Gasteiger charge is -2.14. The highest BCUT2D eigenvalue weighted by molar-refractivity contribution is 6.33. The van der Waals surface area contributed by atoms with E-state index in [-0.39, 0.29) is 23.4 Å². The zero-order chi connectivity index (χ0) is 12.3. The minimum Gasteiger partial charge on any atom is -0.394 e. The molecule has 0 radical (unpaired) electrons. The maximum atomic E-state index is 10.7. The van der Waals surface area contributed by atoms with Crippen LogP contribution in [0.25, 0.3) is 0 Å². The number of nitrogens with zero attached hydrogens (tertiary/aromatic N) is 1. The number of halogens is 1. The summed E-state index contributed by atoms with van der Waals surface area (Å²) in [6, 6.07) is 2.76. The van der Waals surface area contributed by atoms with Crippen LogP contribution in [0.4, 0.5) is 11.4 Å². The summed E-state index contributed by atoms with van der Waals surface area (Å²) in [7, 11) is 0. The number of anilines is 1. The third kappa shape index (κ3) is 2.84. The van der Waals surface area contributed by atoms with Crippen molar-refractivity contribution < 1.29 is 10.0 Å². The first-order chi connectivity index (χ1) is 7.45. The first-order valence-electron chi connectivity index (χ1n) is 4.77. The maximum Gasteiger partial charge on any atom is 0.273 e. The van der Waals surface area contributed by atoms with Gasteiger partial charge < -0.3 is 10.4 Å². The Labute approximate surface area is 98.2 Å². The number of nitro benzene ring substituents is 1. The number of aliphatic hydroxyl groups excluding tert-OH is 1. The van der Waals surface area contributed by atoms with Gasteiger partial charge in [-0.05, 0) is 19.9 Å². The molecule has 1 aromatic rings. The molecule has 1 rings (SSSR count). The van der Waals surface area contributed by atoms with E-state index in [1.165, 1.54) is 6.07 Å². The highest BCUT2D eigenvalue weighted by Gasteiger charge is 2.15. The van der Waals surface area contributed by atoms with Crippen molar-refractivity contribution in [3.05, 3.63) is 32.8 Å². The third-order valence-corrected chi connectivity index (χ3v) is 2.47. The van der Waals surface area contributed by atoms with E-state index < -0.39 is 4.92 Å². The second-order valence-electron chi connectivity index (χ2n) is 3.60. The second kappa shape index (κ2) is 5.14. The third-order valence-electron chi connectivity index (χ3n) is 2.16. The van der Waals surface area contributed by atoms with Crippen LogP contribution in [-0.4, -0.2) is 22.7 Å². The summed E-state index contributed by atoms with van der Waals surface area (Å²) >= 11 is 5.90. The largest absolute Gasteiger partial charge is 0.394 e. The van der Waals surface area contributed by atoms with Crippen molar-refractivity contribution in [1.82, 2.24) is 0 Å². The molecule has 1 atom stereocenters. The molecule has 0 aliphatic heterocycles. The summed E-state index contributed by atoms with van der Waals surface area (Å²) in [5, 5.41) is 22.8. The molecule has 6 heteroatoms. The van der Waals surface area contributed by atoms with Crippen LogP contribution < -0.4 is 5.32 Å². The van der Waals surface area contributed by atoms with E-state index in [0.29, 0.717) is 11.3 Å².